The summed E-state index contributed by atoms with van der Waals surface area (Å²) < 4.78 is 0. The first kappa shape index (κ1) is 10.8. The maximum absolute atomic E-state index is 12.0. The van der Waals surface area contributed by atoms with Crippen LogP contribution >= 0.6 is 0 Å². The highest BCUT2D eigenvalue weighted by Gasteiger charge is 2.46. The van der Waals surface area contributed by atoms with Gasteiger partial charge < -0.3 is 15.5 Å². The van der Waals surface area contributed by atoms with Crippen molar-refractivity contribution in [2.24, 2.45) is 5.92 Å². The van der Waals surface area contributed by atoms with E-state index in [1.165, 1.54) is 0 Å². The topological polar surface area (TPSA) is 68.2 Å². The molecule has 4 atom stereocenters. The van der Waals surface area contributed by atoms with Crippen LogP contribution in [0, 0.1) is 17.4 Å². The molecule has 0 unspecified atom stereocenters. The van der Waals surface area contributed by atoms with Crippen molar-refractivity contribution in [3.63, 3.8) is 0 Å². The molecule has 0 aromatic heterocycles. The molecule has 3 fully saturated rings. The van der Waals surface area contributed by atoms with E-state index in [1.807, 2.05) is 4.90 Å². The summed E-state index contributed by atoms with van der Waals surface area (Å²) in [6.45, 7) is 1.74. The maximum atomic E-state index is 12.0. The summed E-state index contributed by atoms with van der Waals surface area (Å²) in [5.41, 5.74) is 0. The molecule has 5 nitrogen and oxygen atoms in total. The fourth-order valence-corrected chi connectivity index (χ4v) is 3.48. The Hall–Kier alpha value is -1.28. The number of carbonyl (C=O) groups excluding carboxylic acids is 1. The molecule has 3 aliphatic heterocycles. The number of hydrogen-bond acceptors (Lipinski definition) is 4. The lowest BCUT2D eigenvalue weighted by Crippen LogP contribution is -2.45. The number of nitrogens with one attached hydrogen (secondary N) is 2. The minimum Gasteiger partial charge on any atom is -0.351 e. The highest BCUT2D eigenvalue weighted by atomic mass is 16.2. The molecule has 0 spiro atoms. The van der Waals surface area contributed by atoms with Crippen molar-refractivity contribution in [3.8, 4) is 6.19 Å². The molecule has 0 radical (unpaired) electrons. The van der Waals surface area contributed by atoms with E-state index in [0.29, 0.717) is 6.04 Å². The summed E-state index contributed by atoms with van der Waals surface area (Å²) in [4.78, 5) is 13.9. The van der Waals surface area contributed by atoms with Gasteiger partial charge in [-0.15, -0.1) is 0 Å². The lowest BCUT2D eigenvalue weighted by molar-refractivity contribution is -0.125. The third kappa shape index (κ3) is 1.77. The summed E-state index contributed by atoms with van der Waals surface area (Å²) in [7, 11) is 0. The van der Waals surface area contributed by atoms with E-state index >= 15 is 0 Å². The fraction of sp³-hybridized carbons (Fsp3) is 0.833. The van der Waals surface area contributed by atoms with Crippen LogP contribution in [0.25, 0.3) is 0 Å². The molecule has 5 heteroatoms. The van der Waals surface area contributed by atoms with Crippen molar-refractivity contribution in [1.29, 1.82) is 5.26 Å². The normalized spacial score (nSPS) is 39.4. The molecular weight excluding hydrogens is 216 g/mol. The van der Waals surface area contributed by atoms with Crippen molar-refractivity contribution < 1.29 is 4.79 Å². The molecule has 2 N–H and O–H groups in total. The van der Waals surface area contributed by atoms with Crippen molar-refractivity contribution in [2.45, 2.75) is 43.8 Å². The first-order valence-corrected chi connectivity index (χ1v) is 6.49. The van der Waals surface area contributed by atoms with Gasteiger partial charge in [0.1, 0.15) is 0 Å². The summed E-state index contributed by atoms with van der Waals surface area (Å²) in [5.74, 6) is 0.301. The van der Waals surface area contributed by atoms with Gasteiger partial charge in [0.25, 0.3) is 0 Å². The fourth-order valence-electron chi connectivity index (χ4n) is 3.48. The molecule has 0 aliphatic carbocycles. The Kier molecular flexibility index (Phi) is 2.67. The Balaban J connectivity index is 1.60. The van der Waals surface area contributed by atoms with E-state index in [-0.39, 0.29) is 23.9 Å². The van der Waals surface area contributed by atoms with E-state index in [9.17, 15) is 4.79 Å². The first-order chi connectivity index (χ1) is 8.29. The largest absolute Gasteiger partial charge is 0.351 e. The minimum atomic E-state index is 0.129. The van der Waals surface area contributed by atoms with Crippen LogP contribution in [0.15, 0.2) is 0 Å². The highest BCUT2D eigenvalue weighted by molar-refractivity contribution is 5.79. The Morgan fingerprint density at radius 3 is 2.94 bits per heavy atom. The predicted octanol–water partition coefficient (Wildman–Crippen LogP) is -0.202. The first-order valence-electron chi connectivity index (χ1n) is 6.49. The number of amides is 1. The number of fused-ring (bicyclic) bond motifs is 2. The molecule has 0 aromatic carbocycles. The van der Waals surface area contributed by atoms with Gasteiger partial charge in [0.05, 0.1) is 18.0 Å². The molecule has 3 heterocycles. The smallest absolute Gasteiger partial charge is 0.224 e. The molecule has 3 rings (SSSR count). The second-order valence-corrected chi connectivity index (χ2v) is 5.35. The summed E-state index contributed by atoms with van der Waals surface area (Å²) in [6, 6.07) is 0.821. The number of rotatable bonds is 2. The zero-order valence-corrected chi connectivity index (χ0v) is 9.85. The number of nitrogens with zero attached hydrogens (tertiary/aromatic N) is 2. The van der Waals surface area contributed by atoms with E-state index in [1.54, 1.807) is 0 Å². The van der Waals surface area contributed by atoms with Crippen molar-refractivity contribution >= 4 is 5.91 Å². The van der Waals surface area contributed by atoms with Crippen LogP contribution in [0.3, 0.4) is 0 Å². The summed E-state index contributed by atoms with van der Waals surface area (Å²) >= 11 is 0. The Morgan fingerprint density at radius 2 is 2.29 bits per heavy atom. The van der Waals surface area contributed by atoms with Crippen molar-refractivity contribution in [3.05, 3.63) is 0 Å². The monoisotopic (exact) mass is 234 g/mol. The second-order valence-electron chi connectivity index (χ2n) is 5.35. The van der Waals surface area contributed by atoms with Crippen LogP contribution in [-0.4, -0.2) is 42.0 Å². The van der Waals surface area contributed by atoms with Gasteiger partial charge in [-0.25, -0.2) is 0 Å². The van der Waals surface area contributed by atoms with Gasteiger partial charge in [0, 0.05) is 12.6 Å². The van der Waals surface area contributed by atoms with Crippen molar-refractivity contribution in [2.75, 3.05) is 13.1 Å². The SMILES string of the molecule is N#CN1[C@H]2CC[C@@H]1[C@H](NC(=O)[C@H]1CCNC1)C2. The lowest BCUT2D eigenvalue weighted by atomic mass is 9.95. The third-order valence-electron chi connectivity index (χ3n) is 4.41. The Morgan fingerprint density at radius 1 is 1.41 bits per heavy atom. The summed E-state index contributed by atoms with van der Waals surface area (Å²) in [6.07, 6.45) is 6.31. The predicted molar refractivity (Wildman–Crippen MR) is 61.8 cm³/mol. The van der Waals surface area contributed by atoms with Crippen LogP contribution in [0.5, 0.6) is 0 Å². The van der Waals surface area contributed by atoms with Crippen LogP contribution in [0.2, 0.25) is 0 Å². The van der Waals surface area contributed by atoms with Gasteiger partial charge in [-0.1, -0.05) is 0 Å². The maximum Gasteiger partial charge on any atom is 0.224 e. The molecule has 0 aromatic rings. The molecule has 1 amide bonds. The van der Waals surface area contributed by atoms with Crippen LogP contribution < -0.4 is 10.6 Å². The number of nitriles is 1. The standard InChI is InChI=1S/C12H18N4O/c13-7-16-9-1-2-11(16)10(5-9)15-12(17)8-3-4-14-6-8/h8-11,14H,1-6H2,(H,15,17)/t8-,9-,10+,11+/m0/s1. The molecule has 3 aliphatic rings. The van der Waals surface area contributed by atoms with Crippen LogP contribution in [0.4, 0.5) is 0 Å². The highest BCUT2D eigenvalue weighted by Crippen LogP contribution is 2.37. The molecule has 3 saturated heterocycles. The van der Waals surface area contributed by atoms with E-state index in [2.05, 4.69) is 16.8 Å². The van der Waals surface area contributed by atoms with E-state index < -0.39 is 0 Å². The van der Waals surface area contributed by atoms with Crippen LogP contribution in [-0.2, 0) is 4.79 Å². The number of carbonyl (C=O) groups is 1. The van der Waals surface area contributed by atoms with Gasteiger partial charge in [-0.3, -0.25) is 4.79 Å². The Labute approximate surface area is 101 Å². The average Bonchev–Trinajstić information content (AvgIpc) is 3.04. The average molecular weight is 234 g/mol. The molecule has 92 valence electrons. The second kappa shape index (κ2) is 4.19. The number of hydrogen-bond donors (Lipinski definition) is 2. The quantitative estimate of drug-likeness (QED) is 0.649. The van der Waals surface area contributed by atoms with E-state index in [0.717, 1.165) is 38.8 Å². The Bertz CT molecular complexity index is 358. The molecular formula is C12H18N4O. The van der Waals surface area contributed by atoms with E-state index in [4.69, 9.17) is 5.26 Å². The third-order valence-corrected chi connectivity index (χ3v) is 4.41. The zero-order valence-electron chi connectivity index (χ0n) is 9.85. The molecule has 0 saturated carbocycles. The molecule has 2 bridgehead atoms. The lowest BCUT2D eigenvalue weighted by Gasteiger charge is -2.23. The van der Waals surface area contributed by atoms with Crippen LogP contribution in [0.1, 0.15) is 25.7 Å². The summed E-state index contributed by atoms with van der Waals surface area (Å²) in [5, 5.41) is 15.4. The minimum absolute atomic E-state index is 0.129. The van der Waals surface area contributed by atoms with Gasteiger partial charge in [-0.2, -0.15) is 5.26 Å². The van der Waals surface area contributed by atoms with Gasteiger partial charge in [0.2, 0.25) is 5.91 Å². The van der Waals surface area contributed by atoms with Gasteiger partial charge in [-0.05, 0) is 32.2 Å². The van der Waals surface area contributed by atoms with Gasteiger partial charge >= 0.3 is 0 Å². The van der Waals surface area contributed by atoms with Crippen molar-refractivity contribution in [1.82, 2.24) is 15.5 Å². The molecule has 17 heavy (non-hydrogen) atoms. The van der Waals surface area contributed by atoms with Gasteiger partial charge in [0.15, 0.2) is 6.19 Å². The zero-order chi connectivity index (χ0) is 11.8.